The van der Waals surface area contributed by atoms with E-state index in [-0.39, 0.29) is 5.82 Å². The maximum absolute atomic E-state index is 13.3. The molecule has 0 spiro atoms. The molecule has 1 rings (SSSR count). The monoisotopic (exact) mass is 250 g/mol. The molecular formula is C14H19FN2O. The zero-order valence-electron chi connectivity index (χ0n) is 11.1. The van der Waals surface area contributed by atoms with E-state index in [1.54, 1.807) is 19.1 Å². The van der Waals surface area contributed by atoms with Crippen molar-refractivity contribution >= 4 is 0 Å². The van der Waals surface area contributed by atoms with Crippen LogP contribution in [0.3, 0.4) is 0 Å². The minimum Gasteiger partial charge on any atom is -0.493 e. The fourth-order valence-corrected chi connectivity index (χ4v) is 1.61. The van der Waals surface area contributed by atoms with Crippen molar-refractivity contribution in [3.05, 3.63) is 29.6 Å². The second kappa shape index (κ2) is 6.36. The fraction of sp³-hybridized carbons (Fsp3) is 0.500. The van der Waals surface area contributed by atoms with E-state index in [1.807, 2.05) is 13.8 Å². The molecule has 18 heavy (non-hydrogen) atoms. The summed E-state index contributed by atoms with van der Waals surface area (Å²) in [6.45, 7) is 6.58. The number of aryl methyl sites for hydroxylation is 1. The fourth-order valence-electron chi connectivity index (χ4n) is 1.61. The highest BCUT2D eigenvalue weighted by Gasteiger charge is 2.21. The maximum Gasteiger partial charge on any atom is 0.129 e. The second-order valence-electron chi connectivity index (χ2n) is 4.48. The number of nitriles is 1. The Hall–Kier alpha value is -1.60. The van der Waals surface area contributed by atoms with Crippen LogP contribution in [0.4, 0.5) is 4.39 Å². The Kier molecular flexibility index (Phi) is 5.11. The zero-order valence-corrected chi connectivity index (χ0v) is 11.1. The van der Waals surface area contributed by atoms with Crippen LogP contribution >= 0.6 is 0 Å². The Morgan fingerprint density at radius 3 is 2.78 bits per heavy atom. The summed E-state index contributed by atoms with van der Waals surface area (Å²) in [6.07, 6.45) is 0.548. The molecule has 0 bridgehead atoms. The molecule has 0 aromatic heterocycles. The predicted molar refractivity (Wildman–Crippen MR) is 68.9 cm³/mol. The van der Waals surface area contributed by atoms with Gasteiger partial charge in [0.05, 0.1) is 12.7 Å². The molecule has 0 saturated carbocycles. The lowest BCUT2D eigenvalue weighted by Crippen LogP contribution is -2.42. The number of ether oxygens (including phenoxy) is 1. The van der Waals surface area contributed by atoms with Crippen molar-refractivity contribution in [3.63, 3.8) is 0 Å². The van der Waals surface area contributed by atoms with Gasteiger partial charge in [0.1, 0.15) is 17.1 Å². The maximum atomic E-state index is 13.3. The van der Waals surface area contributed by atoms with Crippen molar-refractivity contribution in [2.75, 3.05) is 13.2 Å². The van der Waals surface area contributed by atoms with Crippen LogP contribution in [-0.2, 0) is 0 Å². The van der Waals surface area contributed by atoms with Gasteiger partial charge in [-0.05, 0) is 32.0 Å². The van der Waals surface area contributed by atoms with Crippen LogP contribution in [0.25, 0.3) is 0 Å². The third-order valence-corrected chi connectivity index (χ3v) is 2.83. The average molecular weight is 250 g/mol. The minimum absolute atomic E-state index is 0.276. The molecule has 0 aliphatic carbocycles. The van der Waals surface area contributed by atoms with Crippen molar-refractivity contribution in [1.29, 1.82) is 5.26 Å². The zero-order chi connectivity index (χ0) is 13.6. The van der Waals surface area contributed by atoms with E-state index in [2.05, 4.69) is 11.4 Å². The normalized spacial score (nSPS) is 13.7. The van der Waals surface area contributed by atoms with E-state index in [0.29, 0.717) is 24.3 Å². The molecule has 0 saturated heterocycles. The summed E-state index contributed by atoms with van der Waals surface area (Å²) in [6, 6.07) is 7.00. The van der Waals surface area contributed by atoms with Gasteiger partial charge in [-0.3, -0.25) is 5.32 Å². The van der Waals surface area contributed by atoms with Gasteiger partial charge in [0, 0.05) is 12.5 Å². The molecule has 0 aliphatic rings. The molecule has 1 aromatic rings. The van der Waals surface area contributed by atoms with Gasteiger partial charge in [0.2, 0.25) is 0 Å². The van der Waals surface area contributed by atoms with Crippen LogP contribution in [0.15, 0.2) is 18.2 Å². The topological polar surface area (TPSA) is 45.0 Å². The van der Waals surface area contributed by atoms with E-state index in [1.165, 1.54) is 6.07 Å². The number of nitrogens with one attached hydrogen (secondary N) is 1. The Morgan fingerprint density at radius 2 is 2.22 bits per heavy atom. The van der Waals surface area contributed by atoms with Gasteiger partial charge in [-0.15, -0.1) is 0 Å². The third-order valence-electron chi connectivity index (χ3n) is 2.83. The summed E-state index contributed by atoms with van der Waals surface area (Å²) < 4.78 is 18.7. The van der Waals surface area contributed by atoms with Crippen LogP contribution in [0.1, 0.15) is 25.8 Å². The lowest BCUT2D eigenvalue weighted by atomic mass is 10.0. The highest BCUT2D eigenvalue weighted by Crippen LogP contribution is 2.17. The summed E-state index contributed by atoms with van der Waals surface area (Å²) >= 11 is 0. The number of nitrogens with zero attached hydrogens (tertiary/aromatic N) is 1. The Labute approximate surface area is 108 Å². The molecule has 1 unspecified atom stereocenters. The SMILES string of the molecule is CCNC(C)(C#N)CCOc1ccc(C)c(F)c1. The van der Waals surface area contributed by atoms with E-state index < -0.39 is 5.54 Å². The first kappa shape index (κ1) is 14.5. The lowest BCUT2D eigenvalue weighted by molar-refractivity contribution is 0.268. The van der Waals surface area contributed by atoms with Crippen LogP contribution in [0.2, 0.25) is 0 Å². The molecular weight excluding hydrogens is 231 g/mol. The quantitative estimate of drug-likeness (QED) is 0.844. The standard InChI is InChI=1S/C14H19FN2O/c1-4-17-14(3,10-16)7-8-18-12-6-5-11(2)13(15)9-12/h5-6,9,17H,4,7-8H2,1-3H3. The summed E-state index contributed by atoms with van der Waals surface area (Å²) in [5.74, 6) is 0.220. The van der Waals surface area contributed by atoms with Gasteiger partial charge >= 0.3 is 0 Å². The number of rotatable bonds is 6. The summed E-state index contributed by atoms with van der Waals surface area (Å²) in [7, 11) is 0. The molecule has 1 atom stereocenters. The number of hydrogen-bond donors (Lipinski definition) is 1. The van der Waals surface area contributed by atoms with E-state index in [4.69, 9.17) is 10.00 Å². The van der Waals surface area contributed by atoms with Gasteiger partial charge in [-0.1, -0.05) is 13.0 Å². The molecule has 1 aromatic carbocycles. The molecule has 98 valence electrons. The van der Waals surface area contributed by atoms with Crippen molar-refractivity contribution < 1.29 is 9.13 Å². The third kappa shape index (κ3) is 4.01. The van der Waals surface area contributed by atoms with Gasteiger partial charge in [0.15, 0.2) is 0 Å². The van der Waals surface area contributed by atoms with Crippen molar-refractivity contribution in [3.8, 4) is 11.8 Å². The molecule has 4 heteroatoms. The molecule has 1 N–H and O–H groups in total. The summed E-state index contributed by atoms with van der Waals surface area (Å²) in [4.78, 5) is 0. The highest BCUT2D eigenvalue weighted by atomic mass is 19.1. The highest BCUT2D eigenvalue weighted by molar-refractivity contribution is 5.28. The van der Waals surface area contributed by atoms with Gasteiger partial charge in [-0.2, -0.15) is 5.26 Å². The van der Waals surface area contributed by atoms with Crippen molar-refractivity contribution in [2.24, 2.45) is 0 Å². The second-order valence-corrected chi connectivity index (χ2v) is 4.48. The van der Waals surface area contributed by atoms with Crippen molar-refractivity contribution in [1.82, 2.24) is 5.32 Å². The molecule has 3 nitrogen and oxygen atoms in total. The Morgan fingerprint density at radius 1 is 1.50 bits per heavy atom. The first-order chi connectivity index (χ1) is 8.50. The summed E-state index contributed by atoms with van der Waals surface area (Å²) in [5, 5.41) is 12.2. The van der Waals surface area contributed by atoms with E-state index in [9.17, 15) is 4.39 Å². The first-order valence-electron chi connectivity index (χ1n) is 6.06. The minimum atomic E-state index is -0.599. The van der Waals surface area contributed by atoms with Gasteiger partial charge < -0.3 is 4.74 Å². The molecule has 0 radical (unpaired) electrons. The number of benzene rings is 1. The Balaban J connectivity index is 2.51. The average Bonchev–Trinajstić information content (AvgIpc) is 2.34. The molecule has 0 aliphatic heterocycles. The predicted octanol–water partition coefficient (Wildman–Crippen LogP) is 2.79. The summed E-state index contributed by atoms with van der Waals surface area (Å²) in [5.41, 5.74) is -0.00490. The van der Waals surface area contributed by atoms with Crippen LogP contribution in [0.5, 0.6) is 5.75 Å². The number of halogens is 1. The van der Waals surface area contributed by atoms with Crippen LogP contribution < -0.4 is 10.1 Å². The van der Waals surface area contributed by atoms with Crippen molar-refractivity contribution in [2.45, 2.75) is 32.7 Å². The van der Waals surface area contributed by atoms with Gasteiger partial charge in [-0.25, -0.2) is 4.39 Å². The van der Waals surface area contributed by atoms with E-state index in [0.717, 1.165) is 6.54 Å². The molecule has 0 fully saturated rings. The Bertz CT molecular complexity index is 442. The molecule has 0 amide bonds. The van der Waals surface area contributed by atoms with Gasteiger partial charge in [0.25, 0.3) is 0 Å². The molecule has 0 heterocycles. The van der Waals surface area contributed by atoms with Crippen LogP contribution in [-0.4, -0.2) is 18.7 Å². The largest absolute Gasteiger partial charge is 0.493 e. The van der Waals surface area contributed by atoms with E-state index >= 15 is 0 Å². The first-order valence-corrected chi connectivity index (χ1v) is 6.06. The van der Waals surface area contributed by atoms with Crippen LogP contribution in [0, 0.1) is 24.1 Å². The number of hydrogen-bond acceptors (Lipinski definition) is 3. The smallest absolute Gasteiger partial charge is 0.129 e. The lowest BCUT2D eigenvalue weighted by Gasteiger charge is -2.22.